The minimum atomic E-state index is -0.641. The van der Waals surface area contributed by atoms with E-state index in [1.807, 2.05) is 31.3 Å². The van der Waals surface area contributed by atoms with Crippen LogP contribution in [0.3, 0.4) is 0 Å². The molecule has 2 aliphatic carbocycles. The topological polar surface area (TPSA) is 92.4 Å². The number of benzene rings is 1. The van der Waals surface area contributed by atoms with Crippen molar-refractivity contribution in [1.82, 2.24) is 19.9 Å². The molecule has 5 rings (SSSR count). The van der Waals surface area contributed by atoms with Crippen molar-refractivity contribution in [2.24, 2.45) is 17.8 Å². The summed E-state index contributed by atoms with van der Waals surface area (Å²) in [7, 11) is 0. The summed E-state index contributed by atoms with van der Waals surface area (Å²) in [5, 5.41) is 9.79. The van der Waals surface area contributed by atoms with Crippen LogP contribution in [0.15, 0.2) is 55.1 Å². The van der Waals surface area contributed by atoms with Gasteiger partial charge in [-0.05, 0) is 36.3 Å². The Morgan fingerprint density at radius 3 is 2.70 bits per heavy atom. The number of carbonyl (C=O) groups is 1. The van der Waals surface area contributed by atoms with Crippen LogP contribution in [0.4, 0.5) is 0 Å². The number of Topliss-reactive ketones (excluding diaryl/α,β-unsaturated/α-hetero) is 1. The molecule has 0 aliphatic heterocycles. The zero-order chi connectivity index (χ0) is 20.7. The molecule has 2 heterocycles. The van der Waals surface area contributed by atoms with Gasteiger partial charge in [-0.25, -0.2) is 15.0 Å². The molecule has 1 aromatic carbocycles. The Balaban J connectivity index is 1.77. The van der Waals surface area contributed by atoms with Gasteiger partial charge in [0.05, 0.1) is 18.0 Å². The highest BCUT2D eigenvalue weighted by Crippen LogP contribution is 2.55. The third-order valence-corrected chi connectivity index (χ3v) is 6.80. The summed E-state index contributed by atoms with van der Waals surface area (Å²) in [6.45, 7) is 1.98. The molecule has 3 aromatic rings. The number of hydrogen-bond donors (Lipinski definition) is 0. The minimum Gasteiger partial charge on any atom is -0.298 e. The summed E-state index contributed by atoms with van der Waals surface area (Å²) in [5.74, 6) is -0.172. The maximum Gasteiger partial charge on any atom is 0.180 e. The van der Waals surface area contributed by atoms with Crippen molar-refractivity contribution in [2.75, 3.05) is 0 Å². The maximum absolute atomic E-state index is 12.9. The lowest BCUT2D eigenvalue weighted by molar-refractivity contribution is -0.131. The Kier molecular flexibility index (Phi) is 4.39. The Morgan fingerprint density at radius 2 is 1.97 bits per heavy atom. The van der Waals surface area contributed by atoms with Gasteiger partial charge in [-0.15, -0.1) is 0 Å². The van der Waals surface area contributed by atoms with Crippen molar-refractivity contribution < 1.29 is 4.79 Å². The minimum absolute atomic E-state index is 0.0562. The fraction of sp³-hybridized carbons (Fsp3) is 0.333. The van der Waals surface area contributed by atoms with E-state index in [2.05, 4.69) is 33.2 Å². The molecule has 6 nitrogen and oxygen atoms in total. The van der Waals surface area contributed by atoms with E-state index in [9.17, 15) is 10.1 Å². The van der Waals surface area contributed by atoms with Crippen LogP contribution in [0.2, 0.25) is 0 Å². The number of carbonyl (C=O) groups excluding carboxylic acids is 1. The highest BCUT2D eigenvalue weighted by atomic mass is 16.1. The second-order valence-electron chi connectivity index (χ2n) is 8.22. The summed E-state index contributed by atoms with van der Waals surface area (Å²) < 4.78 is 0. The van der Waals surface area contributed by atoms with Crippen molar-refractivity contribution in [3.8, 4) is 17.6 Å². The number of ketones is 1. The number of aromatic nitrogens is 4. The lowest BCUT2D eigenvalue weighted by Gasteiger charge is -2.51. The van der Waals surface area contributed by atoms with Crippen LogP contribution in [0.25, 0.3) is 11.5 Å². The smallest absolute Gasteiger partial charge is 0.180 e. The van der Waals surface area contributed by atoms with Crippen LogP contribution in [0.5, 0.6) is 0 Å². The van der Waals surface area contributed by atoms with E-state index < -0.39 is 11.3 Å². The number of aryl methyl sites for hydroxylation is 1. The predicted octanol–water partition coefficient (Wildman–Crippen LogP) is 3.53. The molecule has 1 unspecified atom stereocenters. The van der Waals surface area contributed by atoms with E-state index in [4.69, 9.17) is 4.98 Å². The Morgan fingerprint density at radius 1 is 1.13 bits per heavy atom. The SMILES string of the molecule is C[C@@H]1C(=O)C(C#N)C[C@@]2(c3ccccc3)c3nc(-c4cnccn4)ncc3CC[C@@H]12. The summed E-state index contributed by atoms with van der Waals surface area (Å²) in [5.41, 5.74) is 3.24. The molecule has 30 heavy (non-hydrogen) atoms. The first-order chi connectivity index (χ1) is 14.6. The third-order valence-electron chi connectivity index (χ3n) is 6.80. The van der Waals surface area contributed by atoms with Crippen LogP contribution >= 0.6 is 0 Å². The van der Waals surface area contributed by atoms with E-state index >= 15 is 0 Å². The summed E-state index contributed by atoms with van der Waals surface area (Å²) in [4.78, 5) is 31.0. The lowest BCUT2D eigenvalue weighted by Crippen LogP contribution is -2.53. The molecule has 0 spiro atoms. The Hall–Kier alpha value is -3.46. The Labute approximate surface area is 175 Å². The number of nitrogens with zero attached hydrogens (tertiary/aromatic N) is 5. The van der Waals surface area contributed by atoms with Gasteiger partial charge in [0.15, 0.2) is 11.6 Å². The molecule has 0 amide bonds. The van der Waals surface area contributed by atoms with Crippen LogP contribution in [0, 0.1) is 29.1 Å². The third kappa shape index (κ3) is 2.66. The van der Waals surface area contributed by atoms with Gasteiger partial charge in [0.2, 0.25) is 0 Å². The van der Waals surface area contributed by atoms with Crippen LogP contribution in [-0.2, 0) is 16.6 Å². The average molecular weight is 395 g/mol. The van der Waals surface area contributed by atoms with Crippen molar-refractivity contribution in [3.05, 3.63) is 71.9 Å². The Bertz CT molecular complexity index is 1140. The zero-order valence-electron chi connectivity index (χ0n) is 16.7. The zero-order valence-corrected chi connectivity index (χ0v) is 16.7. The molecule has 6 heteroatoms. The highest BCUT2D eigenvalue weighted by Gasteiger charge is 2.56. The van der Waals surface area contributed by atoms with Crippen molar-refractivity contribution in [1.29, 1.82) is 5.26 Å². The fourth-order valence-corrected chi connectivity index (χ4v) is 5.42. The number of rotatable bonds is 2. The molecular weight excluding hydrogens is 374 g/mol. The summed E-state index contributed by atoms with van der Waals surface area (Å²) >= 11 is 0. The second kappa shape index (κ2) is 7.10. The van der Waals surface area contributed by atoms with Gasteiger partial charge >= 0.3 is 0 Å². The van der Waals surface area contributed by atoms with Gasteiger partial charge in [-0.2, -0.15) is 5.26 Å². The molecule has 148 valence electrons. The first-order valence-corrected chi connectivity index (χ1v) is 10.3. The van der Waals surface area contributed by atoms with Crippen molar-refractivity contribution in [3.63, 3.8) is 0 Å². The summed E-state index contributed by atoms with van der Waals surface area (Å²) in [6.07, 6.45) is 8.94. The van der Waals surface area contributed by atoms with Crippen LogP contribution < -0.4 is 0 Å². The van der Waals surface area contributed by atoms with E-state index in [1.54, 1.807) is 18.6 Å². The van der Waals surface area contributed by atoms with Gasteiger partial charge < -0.3 is 0 Å². The highest BCUT2D eigenvalue weighted by molar-refractivity contribution is 5.87. The van der Waals surface area contributed by atoms with Crippen molar-refractivity contribution >= 4 is 5.78 Å². The van der Waals surface area contributed by atoms with Gasteiger partial charge in [0.1, 0.15) is 11.6 Å². The standard InChI is InChI=1S/C24H21N5O/c1-15-19-8-7-16-13-28-23(20-14-26-9-10-27-20)29-22(16)24(19,11-17(12-25)21(15)30)18-5-3-2-4-6-18/h2-6,9-10,13-15,17,19H,7-8,11H2,1H3/t15-,17?,19-,24-/m0/s1. The van der Waals surface area contributed by atoms with Gasteiger partial charge in [-0.1, -0.05) is 37.3 Å². The maximum atomic E-state index is 12.9. The molecule has 0 bridgehead atoms. The van der Waals surface area contributed by atoms with E-state index in [-0.39, 0.29) is 17.6 Å². The largest absolute Gasteiger partial charge is 0.298 e. The molecule has 1 fully saturated rings. The number of hydrogen-bond acceptors (Lipinski definition) is 6. The molecule has 2 aromatic heterocycles. The second-order valence-corrected chi connectivity index (χ2v) is 8.22. The van der Waals surface area contributed by atoms with E-state index in [0.717, 1.165) is 29.7 Å². The quantitative estimate of drug-likeness (QED) is 0.659. The molecular formula is C24H21N5O. The van der Waals surface area contributed by atoms with E-state index in [1.165, 1.54) is 0 Å². The molecule has 4 atom stereocenters. The molecule has 1 saturated carbocycles. The van der Waals surface area contributed by atoms with Crippen molar-refractivity contribution in [2.45, 2.75) is 31.6 Å². The molecule has 2 aliphatic rings. The lowest BCUT2D eigenvalue weighted by atomic mass is 9.51. The predicted molar refractivity (Wildman–Crippen MR) is 110 cm³/mol. The monoisotopic (exact) mass is 395 g/mol. The van der Waals surface area contributed by atoms with Crippen LogP contribution in [-0.4, -0.2) is 25.7 Å². The van der Waals surface area contributed by atoms with Crippen LogP contribution in [0.1, 0.15) is 36.6 Å². The average Bonchev–Trinajstić information content (AvgIpc) is 2.82. The van der Waals surface area contributed by atoms with E-state index in [0.29, 0.717) is 17.9 Å². The molecule has 0 radical (unpaired) electrons. The fourth-order valence-electron chi connectivity index (χ4n) is 5.42. The molecule has 0 saturated heterocycles. The van der Waals surface area contributed by atoms with Gasteiger partial charge in [0.25, 0.3) is 0 Å². The first-order valence-electron chi connectivity index (χ1n) is 10.3. The first kappa shape index (κ1) is 18.6. The van der Waals surface area contributed by atoms with Gasteiger partial charge in [0, 0.05) is 29.9 Å². The van der Waals surface area contributed by atoms with Gasteiger partial charge in [-0.3, -0.25) is 9.78 Å². The number of fused-ring (bicyclic) bond motifs is 3. The molecule has 0 N–H and O–H groups in total. The summed E-state index contributed by atoms with van der Waals surface area (Å²) in [6, 6.07) is 12.5. The normalized spacial score (nSPS) is 27.6. The number of nitriles is 1.